The highest BCUT2D eigenvalue weighted by molar-refractivity contribution is 5.91. The number of fused-ring (bicyclic) bond motifs is 1. The van der Waals surface area contributed by atoms with Crippen molar-refractivity contribution in [1.29, 1.82) is 0 Å². The number of carbonyl (C=O) groups is 1. The van der Waals surface area contributed by atoms with E-state index in [1.165, 1.54) is 0 Å². The summed E-state index contributed by atoms with van der Waals surface area (Å²) in [6.45, 7) is 4.65. The van der Waals surface area contributed by atoms with Gasteiger partial charge in [-0.05, 0) is 33.2 Å². The summed E-state index contributed by atoms with van der Waals surface area (Å²) in [5.74, 6) is 2.03. The molecule has 0 N–H and O–H groups in total. The standard InChI is InChI=1S/C15H20N4O2/c1-11-4-5-13(21-11)15(20)19-7-6-18-9-12(8-17(2)3)16-14(18)10-19/h4-5,9H,6-8,10H2,1-3H3. The second-order valence-electron chi connectivity index (χ2n) is 5.72. The first-order chi connectivity index (χ1) is 10.0. The molecule has 1 amide bonds. The average molecular weight is 288 g/mol. The Balaban J connectivity index is 1.75. The van der Waals surface area contributed by atoms with E-state index < -0.39 is 0 Å². The first-order valence-corrected chi connectivity index (χ1v) is 7.08. The van der Waals surface area contributed by atoms with Gasteiger partial charge in [-0.3, -0.25) is 4.79 Å². The first-order valence-electron chi connectivity index (χ1n) is 7.08. The molecule has 0 fully saturated rings. The topological polar surface area (TPSA) is 54.5 Å². The Morgan fingerprint density at radius 2 is 2.19 bits per heavy atom. The van der Waals surface area contributed by atoms with E-state index in [1.807, 2.05) is 27.1 Å². The quantitative estimate of drug-likeness (QED) is 0.859. The highest BCUT2D eigenvalue weighted by Crippen LogP contribution is 2.17. The van der Waals surface area contributed by atoms with Gasteiger partial charge in [-0.1, -0.05) is 0 Å². The van der Waals surface area contributed by atoms with E-state index in [1.54, 1.807) is 11.0 Å². The van der Waals surface area contributed by atoms with E-state index in [0.29, 0.717) is 18.8 Å². The number of amides is 1. The Kier molecular flexibility index (Phi) is 3.55. The van der Waals surface area contributed by atoms with Crippen LogP contribution in [0.25, 0.3) is 0 Å². The summed E-state index contributed by atoms with van der Waals surface area (Å²) >= 11 is 0. The molecular formula is C15H20N4O2. The van der Waals surface area contributed by atoms with E-state index in [-0.39, 0.29) is 5.91 Å². The summed E-state index contributed by atoms with van der Waals surface area (Å²) < 4.78 is 7.55. The molecule has 0 saturated carbocycles. The Hall–Kier alpha value is -2.08. The molecule has 0 bridgehead atoms. The van der Waals surface area contributed by atoms with Gasteiger partial charge in [-0.15, -0.1) is 0 Å². The molecule has 6 heteroatoms. The number of rotatable bonds is 3. The van der Waals surface area contributed by atoms with Crippen molar-refractivity contribution in [3.8, 4) is 0 Å². The fraction of sp³-hybridized carbons (Fsp3) is 0.467. The molecule has 0 spiro atoms. The molecule has 0 radical (unpaired) electrons. The zero-order valence-electron chi connectivity index (χ0n) is 12.7. The van der Waals surface area contributed by atoms with Gasteiger partial charge in [0.1, 0.15) is 11.6 Å². The monoisotopic (exact) mass is 288 g/mol. The SMILES string of the molecule is Cc1ccc(C(=O)N2CCn3cc(CN(C)C)nc3C2)o1. The maximum Gasteiger partial charge on any atom is 0.290 e. The molecular weight excluding hydrogens is 268 g/mol. The Morgan fingerprint density at radius 1 is 1.38 bits per heavy atom. The largest absolute Gasteiger partial charge is 0.456 e. The minimum absolute atomic E-state index is 0.0634. The number of carbonyl (C=O) groups excluding carboxylic acids is 1. The van der Waals surface area contributed by atoms with E-state index in [0.717, 1.165) is 30.4 Å². The lowest BCUT2D eigenvalue weighted by Gasteiger charge is -2.26. The predicted molar refractivity (Wildman–Crippen MR) is 77.8 cm³/mol. The van der Waals surface area contributed by atoms with Crippen LogP contribution < -0.4 is 0 Å². The molecule has 0 aromatic carbocycles. The molecule has 3 heterocycles. The van der Waals surface area contributed by atoms with E-state index >= 15 is 0 Å². The molecule has 0 unspecified atom stereocenters. The summed E-state index contributed by atoms with van der Waals surface area (Å²) in [4.78, 5) is 20.9. The zero-order chi connectivity index (χ0) is 15.0. The summed E-state index contributed by atoms with van der Waals surface area (Å²) in [7, 11) is 4.04. The van der Waals surface area contributed by atoms with Crippen molar-refractivity contribution in [2.75, 3.05) is 20.6 Å². The van der Waals surface area contributed by atoms with Crippen LogP contribution in [0.3, 0.4) is 0 Å². The average Bonchev–Trinajstić information content (AvgIpc) is 3.01. The minimum atomic E-state index is -0.0634. The maximum absolute atomic E-state index is 12.4. The van der Waals surface area contributed by atoms with E-state index in [4.69, 9.17) is 4.42 Å². The second kappa shape index (κ2) is 5.37. The van der Waals surface area contributed by atoms with E-state index in [9.17, 15) is 4.79 Å². The van der Waals surface area contributed by atoms with Crippen LogP contribution >= 0.6 is 0 Å². The van der Waals surface area contributed by atoms with Crippen LogP contribution in [0.15, 0.2) is 22.7 Å². The molecule has 2 aromatic heterocycles. The van der Waals surface area contributed by atoms with Crippen LogP contribution in [0.1, 0.15) is 27.8 Å². The molecule has 21 heavy (non-hydrogen) atoms. The third kappa shape index (κ3) is 2.85. The molecule has 1 aliphatic heterocycles. The summed E-state index contributed by atoms with van der Waals surface area (Å²) in [5.41, 5.74) is 1.04. The van der Waals surface area contributed by atoms with Crippen molar-refractivity contribution < 1.29 is 9.21 Å². The number of hydrogen-bond donors (Lipinski definition) is 0. The summed E-state index contributed by atoms with van der Waals surface area (Å²) in [6, 6.07) is 3.55. The van der Waals surface area contributed by atoms with Crippen molar-refractivity contribution in [2.24, 2.45) is 0 Å². The lowest BCUT2D eigenvalue weighted by Crippen LogP contribution is -2.38. The molecule has 0 aliphatic carbocycles. The van der Waals surface area contributed by atoms with Crippen LogP contribution in [0, 0.1) is 6.92 Å². The fourth-order valence-electron chi connectivity index (χ4n) is 2.59. The Bertz CT molecular complexity index is 656. The Morgan fingerprint density at radius 3 is 2.86 bits per heavy atom. The second-order valence-corrected chi connectivity index (χ2v) is 5.72. The molecule has 2 aromatic rings. The van der Waals surface area contributed by atoms with Gasteiger partial charge in [-0.25, -0.2) is 4.98 Å². The normalized spacial score (nSPS) is 14.6. The minimum Gasteiger partial charge on any atom is -0.456 e. The highest BCUT2D eigenvalue weighted by Gasteiger charge is 2.25. The predicted octanol–water partition coefficient (Wildman–Crippen LogP) is 1.50. The van der Waals surface area contributed by atoms with Crippen molar-refractivity contribution >= 4 is 5.91 Å². The van der Waals surface area contributed by atoms with E-state index in [2.05, 4.69) is 20.6 Å². The summed E-state index contributed by atoms with van der Waals surface area (Å²) in [5, 5.41) is 0. The first kappa shape index (κ1) is 13.9. The summed E-state index contributed by atoms with van der Waals surface area (Å²) in [6.07, 6.45) is 2.08. The van der Waals surface area contributed by atoms with Crippen molar-refractivity contribution in [3.05, 3.63) is 41.4 Å². The van der Waals surface area contributed by atoms with Crippen LogP contribution in [-0.4, -0.2) is 45.9 Å². The molecule has 112 valence electrons. The van der Waals surface area contributed by atoms with Crippen LogP contribution in [-0.2, 0) is 19.6 Å². The smallest absolute Gasteiger partial charge is 0.290 e. The van der Waals surface area contributed by atoms with Gasteiger partial charge in [-0.2, -0.15) is 0 Å². The van der Waals surface area contributed by atoms with Gasteiger partial charge in [0.15, 0.2) is 5.76 Å². The van der Waals surface area contributed by atoms with Crippen LogP contribution in [0.4, 0.5) is 0 Å². The fourth-order valence-corrected chi connectivity index (χ4v) is 2.59. The molecule has 0 atom stereocenters. The van der Waals surface area contributed by atoms with Crippen LogP contribution in [0.2, 0.25) is 0 Å². The number of hydrogen-bond acceptors (Lipinski definition) is 4. The molecule has 0 saturated heterocycles. The van der Waals surface area contributed by atoms with Gasteiger partial charge < -0.3 is 18.8 Å². The highest BCUT2D eigenvalue weighted by atomic mass is 16.3. The number of nitrogens with zero attached hydrogens (tertiary/aromatic N) is 4. The van der Waals surface area contributed by atoms with Crippen molar-refractivity contribution in [3.63, 3.8) is 0 Å². The number of aryl methyl sites for hydroxylation is 1. The van der Waals surface area contributed by atoms with Gasteiger partial charge >= 0.3 is 0 Å². The molecule has 1 aliphatic rings. The lowest BCUT2D eigenvalue weighted by atomic mass is 10.3. The number of aromatic nitrogens is 2. The van der Waals surface area contributed by atoms with Crippen molar-refractivity contribution in [2.45, 2.75) is 26.6 Å². The van der Waals surface area contributed by atoms with Gasteiger partial charge in [0.25, 0.3) is 5.91 Å². The number of furan rings is 1. The lowest BCUT2D eigenvalue weighted by molar-refractivity contribution is 0.0673. The van der Waals surface area contributed by atoms with Gasteiger partial charge in [0, 0.05) is 25.8 Å². The molecule has 3 rings (SSSR count). The van der Waals surface area contributed by atoms with Gasteiger partial charge in [0.2, 0.25) is 0 Å². The van der Waals surface area contributed by atoms with Gasteiger partial charge in [0.05, 0.1) is 12.2 Å². The number of imidazole rings is 1. The maximum atomic E-state index is 12.4. The van der Waals surface area contributed by atoms with Crippen molar-refractivity contribution in [1.82, 2.24) is 19.4 Å². The van der Waals surface area contributed by atoms with Crippen LogP contribution in [0.5, 0.6) is 0 Å². The molecule has 6 nitrogen and oxygen atoms in total. The third-order valence-electron chi connectivity index (χ3n) is 3.57. The zero-order valence-corrected chi connectivity index (χ0v) is 12.7. The Labute approximate surface area is 124 Å². The third-order valence-corrected chi connectivity index (χ3v) is 3.57.